The molecule has 3 heterocycles. The first-order valence-corrected chi connectivity index (χ1v) is 13.9. The summed E-state index contributed by atoms with van der Waals surface area (Å²) in [6, 6.07) is 27.9. The molecule has 0 atom stereocenters. The average molecular weight is 534 g/mol. The van der Waals surface area contributed by atoms with Gasteiger partial charge >= 0.3 is 0 Å². The molecular weight excluding hydrogens is 506 g/mol. The van der Waals surface area contributed by atoms with Crippen LogP contribution in [0.2, 0.25) is 0 Å². The first kappa shape index (κ1) is 24.9. The molecule has 0 saturated heterocycles. The largest absolute Gasteiger partial charge is 0.494 e. The minimum atomic E-state index is -0.00836. The molecule has 0 fully saturated rings. The smallest absolute Gasteiger partial charge is 0.242 e. The van der Waals surface area contributed by atoms with Crippen LogP contribution in [0.4, 0.5) is 11.4 Å². The van der Waals surface area contributed by atoms with Crippen LogP contribution < -0.4 is 9.64 Å². The number of carbonyl (C=O) groups excluding carboxylic acids is 1. The van der Waals surface area contributed by atoms with E-state index in [-0.39, 0.29) is 11.7 Å². The van der Waals surface area contributed by atoms with Gasteiger partial charge in [0.1, 0.15) is 5.75 Å². The van der Waals surface area contributed by atoms with Crippen LogP contribution in [0.1, 0.15) is 18.1 Å². The quantitative estimate of drug-likeness (QED) is 0.229. The second-order valence-corrected chi connectivity index (χ2v) is 10.0. The van der Waals surface area contributed by atoms with E-state index in [4.69, 9.17) is 4.74 Å². The van der Waals surface area contributed by atoms with Crippen molar-refractivity contribution in [1.29, 1.82) is 0 Å². The molecule has 0 spiro atoms. The second kappa shape index (κ2) is 11.1. The maximum Gasteiger partial charge on any atom is 0.242 e. The van der Waals surface area contributed by atoms with Crippen LogP contribution in [0.3, 0.4) is 0 Å². The molecule has 0 aliphatic carbocycles. The highest BCUT2D eigenvalue weighted by molar-refractivity contribution is 7.99. The summed E-state index contributed by atoms with van der Waals surface area (Å²) in [5, 5.41) is 9.62. The Morgan fingerprint density at radius 3 is 2.21 bits per heavy atom. The Kier molecular flexibility index (Phi) is 7.10. The minimum absolute atomic E-state index is 0.00836. The summed E-state index contributed by atoms with van der Waals surface area (Å²) in [7, 11) is 0. The lowest BCUT2D eigenvalue weighted by Crippen LogP contribution is -2.28. The number of rotatable bonds is 7. The number of thioether (sulfide) groups is 1. The van der Waals surface area contributed by atoms with Gasteiger partial charge in [0.15, 0.2) is 11.0 Å². The topological polar surface area (TPSA) is 73.1 Å². The van der Waals surface area contributed by atoms with E-state index in [1.54, 1.807) is 12.4 Å². The summed E-state index contributed by atoms with van der Waals surface area (Å²) < 4.78 is 7.60. The highest BCUT2D eigenvalue weighted by Crippen LogP contribution is 2.37. The van der Waals surface area contributed by atoms with Gasteiger partial charge in [0, 0.05) is 23.6 Å². The van der Waals surface area contributed by atoms with E-state index in [2.05, 4.69) is 27.3 Å². The fourth-order valence-electron chi connectivity index (χ4n) is 4.88. The van der Waals surface area contributed by atoms with Gasteiger partial charge in [-0.2, -0.15) is 0 Å². The lowest BCUT2D eigenvalue weighted by atomic mass is 10.0. The first-order valence-electron chi connectivity index (χ1n) is 12.9. The molecule has 1 aliphatic heterocycles. The lowest BCUT2D eigenvalue weighted by Gasteiger charge is -2.25. The number of carbonyl (C=O) groups is 1. The summed E-state index contributed by atoms with van der Waals surface area (Å²) >= 11 is 1.38. The SMILES string of the molecule is CCOc1ccc(-n2c(SCC(=O)N3c4ccccc4CCc4ccccc43)nnc2-c2cccnc2)cc1. The molecular formula is C31H27N5O2S. The number of aryl methyl sites for hydroxylation is 2. The van der Waals surface area contributed by atoms with E-state index in [1.807, 2.05) is 89.2 Å². The third kappa shape index (κ3) is 5.03. The maximum atomic E-state index is 13.9. The first-order chi connectivity index (χ1) is 19.2. The molecule has 194 valence electrons. The molecule has 39 heavy (non-hydrogen) atoms. The number of hydrogen-bond acceptors (Lipinski definition) is 6. The molecule has 3 aromatic carbocycles. The van der Waals surface area contributed by atoms with Crippen LogP contribution >= 0.6 is 11.8 Å². The monoisotopic (exact) mass is 533 g/mol. The van der Waals surface area contributed by atoms with Gasteiger partial charge in [0.2, 0.25) is 5.91 Å². The minimum Gasteiger partial charge on any atom is -0.494 e. The second-order valence-electron chi connectivity index (χ2n) is 9.09. The number of amides is 1. The van der Waals surface area contributed by atoms with Crippen molar-refractivity contribution < 1.29 is 9.53 Å². The highest BCUT2D eigenvalue weighted by atomic mass is 32.2. The van der Waals surface area contributed by atoms with Crippen molar-refractivity contribution in [3.63, 3.8) is 0 Å². The van der Waals surface area contributed by atoms with E-state index in [0.717, 1.165) is 41.2 Å². The molecule has 0 saturated carbocycles. The van der Waals surface area contributed by atoms with Crippen molar-refractivity contribution in [2.24, 2.45) is 0 Å². The third-order valence-electron chi connectivity index (χ3n) is 6.66. The Bertz CT molecular complexity index is 1550. The Labute approximate surface area is 231 Å². The van der Waals surface area contributed by atoms with Gasteiger partial charge in [0.25, 0.3) is 0 Å². The number of ether oxygens (including phenoxy) is 1. The van der Waals surface area contributed by atoms with Gasteiger partial charge in [-0.05, 0) is 79.4 Å². The normalized spacial score (nSPS) is 12.4. The molecule has 0 unspecified atom stereocenters. The van der Waals surface area contributed by atoms with Crippen LogP contribution in [0.5, 0.6) is 5.75 Å². The van der Waals surface area contributed by atoms with E-state index < -0.39 is 0 Å². The maximum absolute atomic E-state index is 13.9. The summed E-state index contributed by atoms with van der Waals surface area (Å²) in [6.07, 6.45) is 5.28. The highest BCUT2D eigenvalue weighted by Gasteiger charge is 2.26. The molecule has 1 aliphatic rings. The Hall–Kier alpha value is -4.43. The molecule has 2 aromatic heterocycles. The van der Waals surface area contributed by atoms with Crippen molar-refractivity contribution in [3.05, 3.63) is 108 Å². The van der Waals surface area contributed by atoms with E-state index in [1.165, 1.54) is 22.9 Å². The van der Waals surface area contributed by atoms with Crippen molar-refractivity contribution in [3.8, 4) is 22.8 Å². The number of pyridine rings is 1. The predicted molar refractivity (Wildman–Crippen MR) is 154 cm³/mol. The molecule has 0 bridgehead atoms. The number of fused-ring (bicyclic) bond motifs is 2. The Morgan fingerprint density at radius 1 is 0.872 bits per heavy atom. The van der Waals surface area contributed by atoms with E-state index in [9.17, 15) is 4.79 Å². The van der Waals surface area contributed by atoms with Gasteiger partial charge in [-0.3, -0.25) is 19.2 Å². The zero-order valence-corrected chi connectivity index (χ0v) is 22.3. The number of benzene rings is 3. The molecule has 0 radical (unpaired) electrons. The van der Waals surface area contributed by atoms with E-state index >= 15 is 0 Å². The zero-order chi connectivity index (χ0) is 26.6. The number of nitrogens with zero attached hydrogens (tertiary/aromatic N) is 5. The summed E-state index contributed by atoms with van der Waals surface area (Å²) in [4.78, 5) is 20.0. The van der Waals surface area contributed by atoms with Crippen molar-refractivity contribution in [2.45, 2.75) is 24.9 Å². The summed E-state index contributed by atoms with van der Waals surface area (Å²) in [5.74, 6) is 1.64. The van der Waals surface area contributed by atoms with Gasteiger partial charge in [-0.1, -0.05) is 48.2 Å². The number of para-hydroxylation sites is 2. The van der Waals surface area contributed by atoms with Crippen LogP contribution in [0.25, 0.3) is 17.1 Å². The molecule has 7 nitrogen and oxygen atoms in total. The molecule has 5 aromatic rings. The van der Waals surface area contributed by atoms with E-state index in [0.29, 0.717) is 17.6 Å². The molecule has 0 N–H and O–H groups in total. The third-order valence-corrected chi connectivity index (χ3v) is 7.58. The molecule has 8 heteroatoms. The predicted octanol–water partition coefficient (Wildman–Crippen LogP) is 6.28. The molecule has 1 amide bonds. The van der Waals surface area contributed by atoms with Crippen molar-refractivity contribution in [1.82, 2.24) is 19.7 Å². The van der Waals surface area contributed by atoms with Gasteiger partial charge in [0.05, 0.1) is 23.7 Å². The van der Waals surface area contributed by atoms with Crippen molar-refractivity contribution >= 4 is 29.0 Å². The van der Waals surface area contributed by atoms with Crippen LogP contribution in [0, 0.1) is 0 Å². The number of aromatic nitrogens is 4. The van der Waals surface area contributed by atoms with Gasteiger partial charge < -0.3 is 4.74 Å². The van der Waals surface area contributed by atoms with Crippen LogP contribution in [0.15, 0.2) is 102 Å². The van der Waals surface area contributed by atoms with Crippen LogP contribution in [-0.2, 0) is 17.6 Å². The van der Waals surface area contributed by atoms with Crippen molar-refractivity contribution in [2.75, 3.05) is 17.3 Å². The zero-order valence-electron chi connectivity index (χ0n) is 21.5. The Balaban J connectivity index is 1.34. The van der Waals surface area contributed by atoms with Gasteiger partial charge in [-0.15, -0.1) is 10.2 Å². The van der Waals surface area contributed by atoms with Gasteiger partial charge in [-0.25, -0.2) is 0 Å². The standard InChI is InChI=1S/C31H27N5O2S/c1-2-38-26-17-15-25(16-18-26)35-30(24-10-7-19-32-20-24)33-34-31(35)39-21-29(37)36-27-11-5-3-8-22(27)13-14-23-9-4-6-12-28(23)36/h3-12,15-20H,2,13-14,21H2,1H3. The average Bonchev–Trinajstić information content (AvgIpc) is 3.33. The summed E-state index contributed by atoms with van der Waals surface area (Å²) in [6.45, 7) is 2.56. The molecule has 6 rings (SSSR count). The van der Waals surface area contributed by atoms with Crippen LogP contribution in [-0.4, -0.2) is 38.0 Å². The fraction of sp³-hybridized carbons (Fsp3) is 0.161. The number of anilines is 2. The summed E-state index contributed by atoms with van der Waals surface area (Å²) in [5.41, 5.74) is 5.94. The number of hydrogen-bond donors (Lipinski definition) is 0. The Morgan fingerprint density at radius 2 is 1.56 bits per heavy atom. The fourth-order valence-corrected chi connectivity index (χ4v) is 5.68. The lowest BCUT2D eigenvalue weighted by molar-refractivity contribution is -0.115.